The van der Waals surface area contributed by atoms with Crippen LogP contribution in [0.5, 0.6) is 5.75 Å². The summed E-state index contributed by atoms with van der Waals surface area (Å²) in [4.78, 5) is 16.8. The first-order chi connectivity index (χ1) is 15.0. The molecule has 3 aromatic rings. The average Bonchev–Trinajstić information content (AvgIpc) is 2.77. The summed E-state index contributed by atoms with van der Waals surface area (Å²) in [6.45, 7) is 2.28. The molecule has 1 heterocycles. The zero-order chi connectivity index (χ0) is 22.3. The summed E-state index contributed by atoms with van der Waals surface area (Å²) in [6, 6.07) is 13.5. The third kappa shape index (κ3) is 5.57. The monoisotopic (exact) mass is 443 g/mol. The Bertz CT molecular complexity index is 1130. The molecule has 2 aromatic carbocycles. The van der Waals surface area contributed by atoms with Crippen molar-refractivity contribution >= 4 is 32.4 Å². The lowest BCUT2D eigenvalue weighted by Gasteiger charge is -2.22. The van der Waals surface area contributed by atoms with E-state index in [0.717, 1.165) is 4.31 Å². The topological polar surface area (TPSA) is 97.8 Å². The summed E-state index contributed by atoms with van der Waals surface area (Å²) >= 11 is 0. The van der Waals surface area contributed by atoms with Crippen LogP contribution in [0.2, 0.25) is 0 Å². The van der Waals surface area contributed by atoms with Gasteiger partial charge in [-0.2, -0.15) is 4.31 Å². The highest BCUT2D eigenvalue weighted by atomic mass is 32.2. The van der Waals surface area contributed by atoms with Gasteiger partial charge >= 0.3 is 0 Å². The van der Waals surface area contributed by atoms with Gasteiger partial charge in [0.2, 0.25) is 15.9 Å². The quantitative estimate of drug-likeness (QED) is 0.517. The highest BCUT2D eigenvalue weighted by Gasteiger charge is 2.28. The van der Waals surface area contributed by atoms with Crippen molar-refractivity contribution in [1.29, 1.82) is 0 Å². The van der Waals surface area contributed by atoms with Crippen LogP contribution >= 0.6 is 0 Å². The number of fused-ring (bicyclic) bond motifs is 1. The Morgan fingerprint density at radius 1 is 1.13 bits per heavy atom. The number of nitrogens with zero attached hydrogens (tertiary/aromatic N) is 2. The molecule has 9 heteroatoms. The van der Waals surface area contributed by atoms with Crippen LogP contribution in [0.15, 0.2) is 65.8 Å². The number of hydrogen-bond donors (Lipinski definition) is 1. The van der Waals surface area contributed by atoms with Crippen LogP contribution in [0.4, 0.5) is 5.69 Å². The number of carbonyl (C=O) groups excluding carboxylic acids is 1. The molecule has 0 bridgehead atoms. The molecule has 0 aliphatic heterocycles. The van der Waals surface area contributed by atoms with Crippen molar-refractivity contribution < 1.29 is 22.7 Å². The van der Waals surface area contributed by atoms with Crippen molar-refractivity contribution in [3.05, 3.63) is 60.9 Å². The van der Waals surface area contributed by atoms with E-state index in [4.69, 9.17) is 9.47 Å². The number of amides is 1. The first-order valence-corrected chi connectivity index (χ1v) is 11.2. The first-order valence-electron chi connectivity index (χ1n) is 9.80. The maximum atomic E-state index is 13.4. The third-order valence-corrected chi connectivity index (χ3v) is 6.48. The number of ether oxygens (including phenoxy) is 2. The molecule has 1 aromatic heterocycles. The number of carbonyl (C=O) groups is 1. The van der Waals surface area contributed by atoms with Crippen molar-refractivity contribution in [3.8, 4) is 5.75 Å². The number of pyridine rings is 1. The number of benzene rings is 2. The van der Waals surface area contributed by atoms with Crippen molar-refractivity contribution in [2.75, 3.05) is 38.7 Å². The molecule has 0 saturated heterocycles. The highest BCUT2D eigenvalue weighted by Crippen LogP contribution is 2.25. The van der Waals surface area contributed by atoms with E-state index in [1.807, 2.05) is 6.92 Å². The Balaban J connectivity index is 1.82. The molecular formula is C22H25N3O5S. The molecular weight excluding hydrogens is 418 g/mol. The lowest BCUT2D eigenvalue weighted by atomic mass is 10.2. The molecule has 0 fully saturated rings. The summed E-state index contributed by atoms with van der Waals surface area (Å²) in [5.41, 5.74) is 0.550. The van der Waals surface area contributed by atoms with Gasteiger partial charge < -0.3 is 14.8 Å². The predicted octanol–water partition coefficient (Wildman–Crippen LogP) is 2.91. The average molecular weight is 444 g/mol. The van der Waals surface area contributed by atoms with Gasteiger partial charge in [0.25, 0.3) is 0 Å². The van der Waals surface area contributed by atoms with E-state index in [9.17, 15) is 13.2 Å². The van der Waals surface area contributed by atoms with E-state index in [1.54, 1.807) is 54.9 Å². The molecule has 0 unspecified atom stereocenters. The minimum atomic E-state index is -3.96. The molecule has 0 atom stereocenters. The van der Waals surface area contributed by atoms with E-state index >= 15 is 0 Å². The molecule has 0 spiro atoms. The fourth-order valence-electron chi connectivity index (χ4n) is 3.10. The maximum Gasteiger partial charge on any atom is 0.244 e. The van der Waals surface area contributed by atoms with Crippen LogP contribution in [0.1, 0.15) is 6.92 Å². The van der Waals surface area contributed by atoms with Crippen LogP contribution in [0, 0.1) is 0 Å². The van der Waals surface area contributed by atoms with Crippen molar-refractivity contribution in [3.63, 3.8) is 0 Å². The number of rotatable bonds is 10. The van der Waals surface area contributed by atoms with E-state index in [1.165, 1.54) is 13.2 Å². The van der Waals surface area contributed by atoms with Crippen LogP contribution in [-0.4, -0.2) is 57.0 Å². The Morgan fingerprint density at radius 2 is 1.90 bits per heavy atom. The zero-order valence-corrected chi connectivity index (χ0v) is 18.3. The predicted molar refractivity (Wildman–Crippen MR) is 119 cm³/mol. The Morgan fingerprint density at radius 3 is 2.61 bits per heavy atom. The van der Waals surface area contributed by atoms with Gasteiger partial charge in [-0.15, -0.1) is 0 Å². The second kappa shape index (κ2) is 10.3. The molecule has 1 N–H and O–H groups in total. The summed E-state index contributed by atoms with van der Waals surface area (Å²) in [5.74, 6) is 0.237. The van der Waals surface area contributed by atoms with Crippen LogP contribution in [0.3, 0.4) is 0 Å². The van der Waals surface area contributed by atoms with Gasteiger partial charge in [0, 0.05) is 42.5 Å². The van der Waals surface area contributed by atoms with Crippen molar-refractivity contribution in [2.24, 2.45) is 0 Å². The van der Waals surface area contributed by atoms with Gasteiger partial charge in [0.1, 0.15) is 5.75 Å². The number of anilines is 1. The second-order valence-electron chi connectivity index (χ2n) is 6.69. The lowest BCUT2D eigenvalue weighted by Crippen LogP contribution is -2.40. The number of methoxy groups -OCH3 is 1. The molecule has 0 aliphatic carbocycles. The molecule has 0 aliphatic rings. The SMILES string of the molecule is CCOc1ccc(NC(=O)CN(CCOC)S(=O)(=O)c2cccc3cnccc23)cc1. The fourth-order valence-corrected chi connectivity index (χ4v) is 4.69. The molecule has 31 heavy (non-hydrogen) atoms. The molecule has 0 radical (unpaired) electrons. The minimum absolute atomic E-state index is 0.0387. The van der Waals surface area contributed by atoms with Gasteiger partial charge in [0.15, 0.2) is 0 Å². The number of hydrogen-bond acceptors (Lipinski definition) is 6. The minimum Gasteiger partial charge on any atom is -0.494 e. The maximum absolute atomic E-state index is 13.4. The summed E-state index contributed by atoms with van der Waals surface area (Å²) < 4.78 is 38.4. The Labute approximate surface area is 181 Å². The van der Waals surface area contributed by atoms with Crippen LogP contribution in [0.25, 0.3) is 10.8 Å². The van der Waals surface area contributed by atoms with Gasteiger partial charge in [-0.25, -0.2) is 8.42 Å². The number of aromatic nitrogens is 1. The Kier molecular flexibility index (Phi) is 7.56. The number of sulfonamides is 1. The summed E-state index contributed by atoms with van der Waals surface area (Å²) in [7, 11) is -2.48. The fraction of sp³-hybridized carbons (Fsp3) is 0.273. The van der Waals surface area contributed by atoms with Gasteiger partial charge in [-0.1, -0.05) is 12.1 Å². The van der Waals surface area contributed by atoms with Gasteiger partial charge in [-0.3, -0.25) is 9.78 Å². The molecule has 8 nitrogen and oxygen atoms in total. The van der Waals surface area contributed by atoms with E-state index < -0.39 is 15.9 Å². The lowest BCUT2D eigenvalue weighted by molar-refractivity contribution is -0.116. The normalized spacial score (nSPS) is 11.6. The number of nitrogens with one attached hydrogen (secondary N) is 1. The smallest absolute Gasteiger partial charge is 0.244 e. The zero-order valence-electron chi connectivity index (χ0n) is 17.4. The van der Waals surface area contributed by atoms with Crippen molar-refractivity contribution in [1.82, 2.24) is 9.29 Å². The molecule has 3 rings (SSSR count). The molecule has 0 saturated carbocycles. The van der Waals surface area contributed by atoms with Crippen LogP contribution in [-0.2, 0) is 19.6 Å². The van der Waals surface area contributed by atoms with Gasteiger partial charge in [0.05, 0.1) is 24.7 Å². The van der Waals surface area contributed by atoms with E-state index in [-0.39, 0.29) is 24.6 Å². The highest BCUT2D eigenvalue weighted by molar-refractivity contribution is 7.89. The van der Waals surface area contributed by atoms with Gasteiger partial charge in [-0.05, 0) is 43.3 Å². The van der Waals surface area contributed by atoms with E-state index in [2.05, 4.69) is 10.3 Å². The second-order valence-corrected chi connectivity index (χ2v) is 8.60. The third-order valence-electron chi connectivity index (χ3n) is 4.57. The van der Waals surface area contributed by atoms with E-state index in [0.29, 0.717) is 28.8 Å². The molecule has 1 amide bonds. The van der Waals surface area contributed by atoms with Crippen LogP contribution < -0.4 is 10.1 Å². The summed E-state index contributed by atoms with van der Waals surface area (Å²) in [5, 5.41) is 3.98. The summed E-state index contributed by atoms with van der Waals surface area (Å²) in [6.07, 6.45) is 3.14. The Hall–Kier alpha value is -3.01. The molecule has 164 valence electrons. The first kappa shape index (κ1) is 22.7. The van der Waals surface area contributed by atoms with Crippen molar-refractivity contribution in [2.45, 2.75) is 11.8 Å². The standard InChI is InChI=1S/C22H25N3O5S/c1-3-30-19-9-7-18(8-10-19)24-22(26)16-25(13-14-29-2)31(27,28)21-6-4-5-17-15-23-12-11-20(17)21/h4-12,15H,3,13-14,16H2,1-2H3,(H,24,26). The largest absolute Gasteiger partial charge is 0.494 e.